The lowest BCUT2D eigenvalue weighted by Gasteiger charge is -2.21. The molecular formula is C5H9FO3S. The summed E-state index contributed by atoms with van der Waals surface area (Å²) in [6.07, 6.45) is -1.88. The Kier molecular flexibility index (Phi) is 1.96. The lowest BCUT2D eigenvalue weighted by atomic mass is 10.2. The van der Waals surface area contributed by atoms with Crippen molar-refractivity contribution < 1.29 is 17.0 Å². The first kappa shape index (κ1) is 7.94. The molecule has 0 amide bonds. The van der Waals surface area contributed by atoms with E-state index in [0.29, 0.717) is 0 Å². The lowest BCUT2D eigenvalue weighted by molar-refractivity contribution is 0.102. The van der Waals surface area contributed by atoms with Crippen LogP contribution < -0.4 is 0 Å². The van der Waals surface area contributed by atoms with Crippen LogP contribution in [0.2, 0.25) is 0 Å². The van der Waals surface area contributed by atoms with Gasteiger partial charge in [0.15, 0.2) is 0 Å². The summed E-state index contributed by atoms with van der Waals surface area (Å²) in [5.41, 5.74) is 0. The first-order valence-corrected chi connectivity index (χ1v) is 4.64. The molecule has 60 valence electrons. The largest absolute Gasteiger partial charge is 0.267 e. The summed E-state index contributed by atoms with van der Waals surface area (Å²) < 4.78 is 38.1. The van der Waals surface area contributed by atoms with E-state index in [9.17, 15) is 12.8 Å². The maximum Gasteiger partial charge on any atom is 0.267 e. The number of rotatable bonds is 0. The predicted molar refractivity (Wildman–Crippen MR) is 33.8 cm³/mol. The average Bonchev–Trinajstić information content (AvgIpc) is 1.79. The van der Waals surface area contributed by atoms with Gasteiger partial charge in [-0.1, -0.05) is 0 Å². The maximum absolute atomic E-state index is 12.5. The van der Waals surface area contributed by atoms with Crippen molar-refractivity contribution in [2.45, 2.75) is 25.6 Å². The normalized spacial score (nSPS) is 39.4. The minimum absolute atomic E-state index is 0.0590. The van der Waals surface area contributed by atoms with E-state index in [1.54, 1.807) is 0 Å². The van der Waals surface area contributed by atoms with Gasteiger partial charge in [-0.05, 0) is 13.3 Å². The van der Waals surface area contributed by atoms with E-state index >= 15 is 0 Å². The molecule has 5 heteroatoms. The van der Waals surface area contributed by atoms with Gasteiger partial charge in [0.2, 0.25) is 0 Å². The van der Waals surface area contributed by atoms with Crippen molar-refractivity contribution >= 4 is 10.1 Å². The fourth-order valence-corrected chi connectivity index (χ4v) is 2.02. The van der Waals surface area contributed by atoms with Crippen LogP contribution >= 0.6 is 0 Å². The van der Waals surface area contributed by atoms with Crippen molar-refractivity contribution in [3.63, 3.8) is 0 Å². The number of halogens is 1. The molecule has 0 bridgehead atoms. The second-order valence-corrected chi connectivity index (χ2v) is 4.08. The molecule has 1 fully saturated rings. The van der Waals surface area contributed by atoms with Crippen molar-refractivity contribution in [1.82, 2.24) is 0 Å². The molecule has 0 radical (unpaired) electrons. The third-order valence-corrected chi connectivity index (χ3v) is 2.78. The number of hydrogen-bond donors (Lipinski definition) is 0. The third kappa shape index (κ3) is 1.67. The highest BCUT2D eigenvalue weighted by molar-refractivity contribution is 7.86. The van der Waals surface area contributed by atoms with E-state index in [-0.39, 0.29) is 12.2 Å². The van der Waals surface area contributed by atoms with Gasteiger partial charge < -0.3 is 0 Å². The van der Waals surface area contributed by atoms with Crippen LogP contribution in [0.15, 0.2) is 0 Å². The first-order chi connectivity index (χ1) is 4.51. The molecule has 1 saturated heterocycles. The van der Waals surface area contributed by atoms with Crippen molar-refractivity contribution in [1.29, 1.82) is 0 Å². The Balaban J connectivity index is 2.66. The second-order valence-electron chi connectivity index (χ2n) is 2.37. The Morgan fingerprint density at radius 3 is 2.60 bits per heavy atom. The van der Waals surface area contributed by atoms with Crippen molar-refractivity contribution in [3.05, 3.63) is 0 Å². The highest BCUT2D eigenvalue weighted by Crippen LogP contribution is 2.18. The zero-order valence-corrected chi connectivity index (χ0v) is 6.40. The Labute approximate surface area is 59.3 Å². The number of hydrogen-bond acceptors (Lipinski definition) is 3. The van der Waals surface area contributed by atoms with E-state index in [1.165, 1.54) is 6.92 Å². The van der Waals surface area contributed by atoms with Gasteiger partial charge in [-0.25, -0.2) is 4.39 Å². The molecule has 0 aromatic carbocycles. The van der Waals surface area contributed by atoms with E-state index in [0.717, 1.165) is 0 Å². The van der Waals surface area contributed by atoms with Crippen LogP contribution in [0.25, 0.3) is 0 Å². The SMILES string of the molecule is CC1OS(=O)(=O)CCC1F. The van der Waals surface area contributed by atoms with Crippen LogP contribution in [-0.2, 0) is 14.3 Å². The molecule has 0 spiro atoms. The molecular weight excluding hydrogens is 159 g/mol. The summed E-state index contributed by atoms with van der Waals surface area (Å²) in [5, 5.41) is 0. The van der Waals surface area contributed by atoms with E-state index in [1.807, 2.05) is 0 Å². The third-order valence-electron chi connectivity index (χ3n) is 1.45. The molecule has 3 nitrogen and oxygen atoms in total. The predicted octanol–water partition coefficient (Wildman–Crippen LogP) is 0.463. The van der Waals surface area contributed by atoms with Crippen LogP contribution in [0.3, 0.4) is 0 Å². The summed E-state index contributed by atoms with van der Waals surface area (Å²) in [6.45, 7) is 1.42. The monoisotopic (exact) mass is 168 g/mol. The summed E-state index contributed by atoms with van der Waals surface area (Å²) >= 11 is 0. The van der Waals surface area contributed by atoms with Crippen molar-refractivity contribution in [3.8, 4) is 0 Å². The summed E-state index contributed by atoms with van der Waals surface area (Å²) in [5.74, 6) is -0.196. The quantitative estimate of drug-likeness (QED) is 0.493. The van der Waals surface area contributed by atoms with Gasteiger partial charge in [-0.15, -0.1) is 0 Å². The zero-order chi connectivity index (χ0) is 7.78. The molecule has 0 aromatic heterocycles. The topological polar surface area (TPSA) is 43.4 Å². The van der Waals surface area contributed by atoms with Crippen molar-refractivity contribution in [2.24, 2.45) is 0 Å². The number of alkyl halides is 1. The van der Waals surface area contributed by atoms with Gasteiger partial charge in [0.05, 0.1) is 5.75 Å². The Hall–Kier alpha value is -0.160. The Morgan fingerprint density at radius 2 is 2.20 bits per heavy atom. The molecule has 1 heterocycles. The van der Waals surface area contributed by atoms with Crippen LogP contribution in [0.5, 0.6) is 0 Å². The molecule has 1 aliphatic heterocycles. The summed E-state index contributed by atoms with van der Waals surface area (Å²) in [4.78, 5) is 0. The molecule has 2 unspecified atom stereocenters. The standard InChI is InChI=1S/C5H9FO3S/c1-4-5(6)2-3-10(7,8)9-4/h4-5H,2-3H2,1H3. The first-order valence-electron chi connectivity index (χ1n) is 3.06. The summed E-state index contributed by atoms with van der Waals surface area (Å²) in [7, 11) is -3.40. The van der Waals surface area contributed by atoms with E-state index in [4.69, 9.17) is 0 Å². The maximum atomic E-state index is 12.5. The van der Waals surface area contributed by atoms with Crippen LogP contribution in [0.1, 0.15) is 13.3 Å². The molecule has 10 heavy (non-hydrogen) atoms. The lowest BCUT2D eigenvalue weighted by Crippen LogP contribution is -2.34. The average molecular weight is 168 g/mol. The van der Waals surface area contributed by atoms with E-state index in [2.05, 4.69) is 4.18 Å². The molecule has 0 N–H and O–H groups in total. The minimum atomic E-state index is -3.40. The van der Waals surface area contributed by atoms with Crippen molar-refractivity contribution in [2.75, 3.05) is 5.75 Å². The van der Waals surface area contributed by atoms with Gasteiger partial charge in [0, 0.05) is 0 Å². The smallest absolute Gasteiger partial charge is 0.264 e. The van der Waals surface area contributed by atoms with Crippen LogP contribution in [0, 0.1) is 0 Å². The summed E-state index contributed by atoms with van der Waals surface area (Å²) in [6, 6.07) is 0. The van der Waals surface area contributed by atoms with Gasteiger partial charge in [-0.2, -0.15) is 8.42 Å². The Morgan fingerprint density at radius 1 is 1.60 bits per heavy atom. The van der Waals surface area contributed by atoms with Gasteiger partial charge >= 0.3 is 0 Å². The zero-order valence-electron chi connectivity index (χ0n) is 5.58. The van der Waals surface area contributed by atoms with Crippen LogP contribution in [-0.4, -0.2) is 26.4 Å². The van der Waals surface area contributed by atoms with E-state index < -0.39 is 22.4 Å². The highest BCUT2D eigenvalue weighted by atomic mass is 32.2. The molecule has 0 aromatic rings. The second kappa shape index (κ2) is 2.47. The highest BCUT2D eigenvalue weighted by Gasteiger charge is 2.30. The van der Waals surface area contributed by atoms with Gasteiger partial charge in [0.25, 0.3) is 10.1 Å². The van der Waals surface area contributed by atoms with Gasteiger partial charge in [0.1, 0.15) is 12.3 Å². The Bertz CT molecular complexity index is 211. The minimum Gasteiger partial charge on any atom is -0.264 e. The molecule has 2 atom stereocenters. The molecule has 0 saturated carbocycles. The molecule has 0 aliphatic carbocycles. The van der Waals surface area contributed by atoms with Gasteiger partial charge in [-0.3, -0.25) is 4.18 Å². The van der Waals surface area contributed by atoms with Crippen LogP contribution in [0.4, 0.5) is 4.39 Å². The fraction of sp³-hybridized carbons (Fsp3) is 1.00. The molecule has 1 rings (SSSR count). The fourth-order valence-electron chi connectivity index (χ4n) is 0.831. The molecule has 1 aliphatic rings.